The van der Waals surface area contributed by atoms with E-state index in [0.29, 0.717) is 0 Å². The fraction of sp³-hybridized carbons (Fsp3) is 1.00. The van der Waals surface area contributed by atoms with Crippen LogP contribution in [0.15, 0.2) is 0 Å². The van der Waals surface area contributed by atoms with E-state index in [1.807, 2.05) is 7.11 Å². The van der Waals surface area contributed by atoms with Gasteiger partial charge in [-0.25, -0.2) is 0 Å². The van der Waals surface area contributed by atoms with Crippen molar-refractivity contribution >= 4 is 6.35 Å². The summed E-state index contributed by atoms with van der Waals surface area (Å²) in [5.74, 6) is 1.84. The molecular formula is C10H20BO-. The summed E-state index contributed by atoms with van der Waals surface area (Å²) in [6.07, 6.45) is 8.20. The van der Waals surface area contributed by atoms with Gasteiger partial charge in [0.25, 0.3) is 0 Å². The van der Waals surface area contributed by atoms with Crippen molar-refractivity contribution in [2.45, 2.75) is 57.0 Å². The minimum atomic E-state index is -0.438. The smallest absolute Gasteiger partial charge is 0.117 e. The van der Waals surface area contributed by atoms with Crippen LogP contribution in [0.1, 0.15) is 38.5 Å². The van der Waals surface area contributed by atoms with Crippen molar-refractivity contribution in [1.82, 2.24) is 0 Å². The van der Waals surface area contributed by atoms with Gasteiger partial charge < -0.3 is 4.65 Å². The van der Waals surface area contributed by atoms with E-state index >= 15 is 0 Å². The minimum Gasteiger partial charge on any atom is -0.592 e. The zero-order valence-electron chi connectivity index (χ0n) is 8.38. The summed E-state index contributed by atoms with van der Waals surface area (Å²) in [7, 11) is 1.93. The molecule has 0 aromatic heterocycles. The molecule has 0 atom stereocenters. The highest BCUT2D eigenvalue weighted by molar-refractivity contribution is 6.75. The van der Waals surface area contributed by atoms with Crippen LogP contribution < -0.4 is 0 Å². The molecule has 2 saturated heterocycles. The predicted molar refractivity (Wildman–Crippen MR) is 53.8 cm³/mol. The van der Waals surface area contributed by atoms with Crippen LogP contribution in [0.25, 0.3) is 0 Å². The van der Waals surface area contributed by atoms with Crippen molar-refractivity contribution in [2.75, 3.05) is 7.11 Å². The van der Waals surface area contributed by atoms with E-state index in [1.165, 1.54) is 38.5 Å². The van der Waals surface area contributed by atoms with E-state index in [0.717, 1.165) is 11.6 Å². The van der Waals surface area contributed by atoms with Gasteiger partial charge in [-0.05, 0) is 7.11 Å². The zero-order valence-corrected chi connectivity index (χ0v) is 8.38. The molecule has 1 nitrogen and oxygen atoms in total. The third-order valence-corrected chi connectivity index (χ3v) is 4.68. The highest BCUT2D eigenvalue weighted by Crippen LogP contribution is 2.52. The molecule has 0 aromatic rings. The van der Waals surface area contributed by atoms with Crippen molar-refractivity contribution in [1.29, 1.82) is 0 Å². The summed E-state index contributed by atoms with van der Waals surface area (Å²) in [5.41, 5.74) is 0. The van der Waals surface area contributed by atoms with Gasteiger partial charge in [-0.2, -0.15) is 6.82 Å². The van der Waals surface area contributed by atoms with E-state index in [1.54, 1.807) is 0 Å². The predicted octanol–water partition coefficient (Wildman–Crippen LogP) is 3.32. The molecule has 0 spiro atoms. The lowest BCUT2D eigenvalue weighted by molar-refractivity contribution is 0.303. The summed E-state index contributed by atoms with van der Waals surface area (Å²) in [6, 6.07) is 0. The first kappa shape index (κ1) is 8.62. The van der Waals surface area contributed by atoms with Crippen LogP contribution in [0.5, 0.6) is 0 Å². The highest BCUT2D eigenvalue weighted by atomic mass is 16.4. The second-order valence-corrected chi connectivity index (χ2v) is 4.98. The number of hydrogen-bond acceptors (Lipinski definition) is 1. The van der Waals surface area contributed by atoms with Gasteiger partial charge in [-0.15, -0.1) is 11.6 Å². The highest BCUT2D eigenvalue weighted by Gasteiger charge is 2.40. The number of fused-ring (bicyclic) bond motifs is 2. The SMILES string of the molecule is CO[B-]1(C)C2CCCC1CCC2. The lowest BCUT2D eigenvalue weighted by Crippen LogP contribution is -2.48. The standard InChI is InChI=1S/C10H20BO/c1-11(12-2)9-5-3-6-10(11)8-4-7-9/h9-10H,3-8H2,1-2H3/q-1. The molecule has 0 N–H and O–H groups in total. The maximum atomic E-state index is 5.81. The van der Waals surface area contributed by atoms with E-state index in [4.69, 9.17) is 4.65 Å². The van der Waals surface area contributed by atoms with Crippen LogP contribution >= 0.6 is 0 Å². The van der Waals surface area contributed by atoms with Crippen molar-refractivity contribution in [3.63, 3.8) is 0 Å². The Bertz CT molecular complexity index is 147. The molecular weight excluding hydrogens is 147 g/mol. The molecule has 0 aliphatic carbocycles. The van der Waals surface area contributed by atoms with Crippen molar-refractivity contribution in [3.8, 4) is 0 Å². The lowest BCUT2D eigenvalue weighted by atomic mass is 9.21. The Morgan fingerprint density at radius 1 is 1.00 bits per heavy atom. The average molecular weight is 167 g/mol. The fourth-order valence-electron chi connectivity index (χ4n) is 3.67. The molecule has 2 aliphatic rings. The van der Waals surface area contributed by atoms with E-state index in [9.17, 15) is 0 Å². The molecule has 2 bridgehead atoms. The van der Waals surface area contributed by atoms with Gasteiger partial charge in [-0.3, -0.25) is 0 Å². The summed E-state index contributed by atoms with van der Waals surface area (Å²) in [6.45, 7) is 2.40. The summed E-state index contributed by atoms with van der Waals surface area (Å²) in [5, 5.41) is 0. The van der Waals surface area contributed by atoms with Gasteiger partial charge in [0.2, 0.25) is 0 Å². The zero-order chi connectivity index (χ0) is 8.60. The summed E-state index contributed by atoms with van der Waals surface area (Å²) >= 11 is 0. The second-order valence-electron chi connectivity index (χ2n) is 4.98. The molecule has 0 radical (unpaired) electrons. The van der Waals surface area contributed by atoms with Crippen LogP contribution in [0, 0.1) is 0 Å². The van der Waals surface area contributed by atoms with Gasteiger partial charge in [-0.1, -0.05) is 38.5 Å². The molecule has 0 aromatic carbocycles. The maximum Gasteiger partial charge on any atom is 0.117 e. The van der Waals surface area contributed by atoms with Crippen LogP contribution in [0.2, 0.25) is 18.5 Å². The quantitative estimate of drug-likeness (QED) is 0.544. The Labute approximate surface area is 75.8 Å². The van der Waals surface area contributed by atoms with Crippen LogP contribution in [-0.4, -0.2) is 13.5 Å². The Morgan fingerprint density at radius 3 is 1.67 bits per heavy atom. The fourth-order valence-corrected chi connectivity index (χ4v) is 3.67. The third-order valence-electron chi connectivity index (χ3n) is 4.68. The lowest BCUT2D eigenvalue weighted by Gasteiger charge is -2.56. The van der Waals surface area contributed by atoms with Crippen molar-refractivity contribution in [2.24, 2.45) is 0 Å². The van der Waals surface area contributed by atoms with E-state index < -0.39 is 6.35 Å². The van der Waals surface area contributed by atoms with E-state index in [2.05, 4.69) is 6.82 Å². The summed E-state index contributed by atoms with van der Waals surface area (Å²) < 4.78 is 5.81. The summed E-state index contributed by atoms with van der Waals surface area (Å²) in [4.78, 5) is 0. The second kappa shape index (κ2) is 3.06. The largest absolute Gasteiger partial charge is 0.592 e. The minimum absolute atomic E-state index is 0.438. The molecule has 2 heteroatoms. The Morgan fingerprint density at radius 2 is 1.42 bits per heavy atom. The number of hydrogen-bond donors (Lipinski definition) is 0. The third kappa shape index (κ3) is 1.12. The van der Waals surface area contributed by atoms with Crippen molar-refractivity contribution < 1.29 is 4.65 Å². The van der Waals surface area contributed by atoms with Gasteiger partial charge in [0.15, 0.2) is 0 Å². The maximum absolute atomic E-state index is 5.81. The normalized spacial score (nSPS) is 47.5. The Kier molecular flexibility index (Phi) is 2.20. The molecule has 2 heterocycles. The molecule has 2 rings (SSSR count). The number of rotatable bonds is 1. The topological polar surface area (TPSA) is 9.23 Å². The van der Waals surface area contributed by atoms with Crippen molar-refractivity contribution in [3.05, 3.63) is 0 Å². The Balaban J connectivity index is 2.18. The van der Waals surface area contributed by atoms with Gasteiger partial charge in [0.05, 0.1) is 0 Å². The Hall–Kier alpha value is 0.0249. The van der Waals surface area contributed by atoms with Crippen LogP contribution in [0.4, 0.5) is 0 Å². The average Bonchev–Trinajstić information content (AvgIpc) is 2.03. The first-order chi connectivity index (χ1) is 5.77. The molecule has 12 heavy (non-hydrogen) atoms. The van der Waals surface area contributed by atoms with Crippen LogP contribution in [0.3, 0.4) is 0 Å². The van der Waals surface area contributed by atoms with Gasteiger partial charge in [0, 0.05) is 0 Å². The first-order valence-corrected chi connectivity index (χ1v) is 5.52. The monoisotopic (exact) mass is 167 g/mol. The van der Waals surface area contributed by atoms with Crippen LogP contribution in [-0.2, 0) is 4.65 Å². The van der Waals surface area contributed by atoms with Gasteiger partial charge >= 0.3 is 0 Å². The molecule has 0 saturated carbocycles. The molecule has 2 fully saturated rings. The molecule has 2 aliphatic heterocycles. The molecule has 0 amide bonds. The van der Waals surface area contributed by atoms with E-state index in [-0.39, 0.29) is 0 Å². The molecule has 0 unspecified atom stereocenters. The molecule has 70 valence electrons. The van der Waals surface area contributed by atoms with Gasteiger partial charge in [0.1, 0.15) is 6.35 Å². The first-order valence-electron chi connectivity index (χ1n) is 5.52.